The highest BCUT2D eigenvalue weighted by Gasteiger charge is 2.22. The minimum absolute atomic E-state index is 0. The van der Waals surface area contributed by atoms with Gasteiger partial charge in [-0.3, -0.25) is 9.79 Å². The van der Waals surface area contributed by atoms with Crippen LogP contribution in [0.3, 0.4) is 0 Å². The number of carbonyl (C=O) groups excluding carboxylic acids is 1. The molecule has 1 amide bonds. The smallest absolute Gasteiger partial charge is 0.251 e. The van der Waals surface area contributed by atoms with Gasteiger partial charge in [0, 0.05) is 37.8 Å². The first kappa shape index (κ1) is 24.8. The summed E-state index contributed by atoms with van der Waals surface area (Å²) in [5.74, 6) is 2.91. The van der Waals surface area contributed by atoms with E-state index in [1.165, 1.54) is 12.8 Å². The highest BCUT2D eigenvalue weighted by molar-refractivity contribution is 14.0. The number of amides is 1. The largest absolute Gasteiger partial charge is 0.497 e. The predicted octanol–water partition coefficient (Wildman–Crippen LogP) is 3.20. The van der Waals surface area contributed by atoms with Crippen LogP contribution in [-0.2, 0) is 6.54 Å². The summed E-state index contributed by atoms with van der Waals surface area (Å²) in [6.07, 6.45) is 2.54. The molecule has 168 valence electrons. The Morgan fingerprint density at radius 1 is 1.03 bits per heavy atom. The van der Waals surface area contributed by atoms with Gasteiger partial charge in [0.05, 0.1) is 13.7 Å². The quantitative estimate of drug-likeness (QED) is 0.187. The third-order valence-electron chi connectivity index (χ3n) is 4.87. The third-order valence-corrected chi connectivity index (χ3v) is 4.87. The van der Waals surface area contributed by atoms with Crippen molar-refractivity contribution in [2.45, 2.75) is 19.4 Å². The molecular weight excluding hydrogens is 507 g/mol. The van der Waals surface area contributed by atoms with E-state index in [1.807, 2.05) is 18.2 Å². The first-order valence-electron chi connectivity index (χ1n) is 10.3. The number of ether oxygens (including phenoxy) is 2. The number of benzene rings is 2. The van der Waals surface area contributed by atoms with E-state index < -0.39 is 0 Å². The van der Waals surface area contributed by atoms with E-state index >= 15 is 0 Å². The number of guanidine groups is 1. The Morgan fingerprint density at radius 2 is 1.74 bits per heavy atom. The molecule has 7 nitrogen and oxygen atoms in total. The average Bonchev–Trinajstić information content (AvgIpc) is 3.62. The van der Waals surface area contributed by atoms with E-state index in [-0.39, 0.29) is 29.9 Å². The fourth-order valence-electron chi connectivity index (χ4n) is 2.88. The van der Waals surface area contributed by atoms with Crippen molar-refractivity contribution in [1.82, 2.24) is 16.0 Å². The number of methoxy groups -OCH3 is 1. The van der Waals surface area contributed by atoms with Crippen molar-refractivity contribution < 1.29 is 14.3 Å². The van der Waals surface area contributed by atoms with Gasteiger partial charge in [-0.2, -0.15) is 0 Å². The van der Waals surface area contributed by atoms with Crippen LogP contribution in [0.1, 0.15) is 28.8 Å². The van der Waals surface area contributed by atoms with Crippen LogP contribution in [0.5, 0.6) is 11.5 Å². The lowest BCUT2D eigenvalue weighted by Gasteiger charge is -2.15. The Kier molecular flexibility index (Phi) is 10.4. The van der Waals surface area contributed by atoms with Crippen LogP contribution in [0.15, 0.2) is 53.5 Å². The zero-order valence-corrected chi connectivity index (χ0v) is 20.3. The van der Waals surface area contributed by atoms with Crippen LogP contribution in [0.4, 0.5) is 0 Å². The third kappa shape index (κ3) is 8.28. The second-order valence-electron chi connectivity index (χ2n) is 7.20. The Labute approximate surface area is 201 Å². The molecule has 0 aliphatic heterocycles. The summed E-state index contributed by atoms with van der Waals surface area (Å²) in [5.41, 5.74) is 1.69. The summed E-state index contributed by atoms with van der Waals surface area (Å²) < 4.78 is 11.1. The molecule has 2 aromatic carbocycles. The lowest BCUT2D eigenvalue weighted by Crippen LogP contribution is -2.41. The van der Waals surface area contributed by atoms with Gasteiger partial charge in [0.15, 0.2) is 5.96 Å². The van der Waals surface area contributed by atoms with Crippen molar-refractivity contribution in [2.75, 3.05) is 33.9 Å². The first-order valence-corrected chi connectivity index (χ1v) is 10.3. The highest BCUT2D eigenvalue weighted by atomic mass is 127. The minimum Gasteiger partial charge on any atom is -0.497 e. The second-order valence-corrected chi connectivity index (χ2v) is 7.20. The molecule has 0 atom stereocenters. The average molecular weight is 538 g/mol. The molecule has 3 rings (SSSR count). The second kappa shape index (κ2) is 13.0. The molecule has 0 aromatic heterocycles. The van der Waals surface area contributed by atoms with Gasteiger partial charge in [-0.1, -0.05) is 18.2 Å². The number of nitrogens with zero attached hydrogens (tertiary/aromatic N) is 1. The van der Waals surface area contributed by atoms with Gasteiger partial charge in [0.1, 0.15) is 11.5 Å². The van der Waals surface area contributed by atoms with Crippen LogP contribution >= 0.6 is 24.0 Å². The van der Waals surface area contributed by atoms with Crippen molar-refractivity contribution >= 4 is 35.8 Å². The lowest BCUT2D eigenvalue weighted by atomic mass is 10.2. The molecule has 2 aromatic rings. The number of hydrogen-bond acceptors (Lipinski definition) is 4. The molecule has 31 heavy (non-hydrogen) atoms. The van der Waals surface area contributed by atoms with Gasteiger partial charge in [-0.25, -0.2) is 0 Å². The minimum atomic E-state index is -0.121. The number of para-hydroxylation sites is 1. The van der Waals surface area contributed by atoms with Crippen molar-refractivity contribution in [1.29, 1.82) is 0 Å². The van der Waals surface area contributed by atoms with Gasteiger partial charge >= 0.3 is 0 Å². The SMILES string of the molecule is CN=C(NCCNC(=O)c1ccc(OC)cc1)NCc1ccccc1OCC1CC1.I. The normalized spacial score (nSPS) is 13.0. The summed E-state index contributed by atoms with van der Waals surface area (Å²) >= 11 is 0. The summed E-state index contributed by atoms with van der Waals surface area (Å²) in [6, 6.07) is 15.1. The Morgan fingerprint density at radius 3 is 2.42 bits per heavy atom. The monoisotopic (exact) mass is 538 g/mol. The van der Waals surface area contributed by atoms with Gasteiger partial charge in [-0.05, 0) is 49.1 Å². The van der Waals surface area contributed by atoms with Crippen LogP contribution in [0.25, 0.3) is 0 Å². The molecule has 1 saturated carbocycles. The van der Waals surface area contributed by atoms with Crippen molar-refractivity contribution in [3.63, 3.8) is 0 Å². The van der Waals surface area contributed by atoms with Crippen LogP contribution < -0.4 is 25.4 Å². The molecule has 1 fully saturated rings. The Balaban J connectivity index is 0.00000341. The zero-order chi connectivity index (χ0) is 21.2. The van der Waals surface area contributed by atoms with Crippen LogP contribution in [0.2, 0.25) is 0 Å². The molecule has 0 radical (unpaired) electrons. The summed E-state index contributed by atoms with van der Waals surface area (Å²) in [6.45, 7) is 2.44. The molecule has 0 spiro atoms. The van der Waals surface area contributed by atoms with Crippen LogP contribution in [0, 0.1) is 5.92 Å². The molecular formula is C23H31IN4O3. The van der Waals surface area contributed by atoms with Crippen molar-refractivity contribution in [3.05, 3.63) is 59.7 Å². The standard InChI is InChI=1S/C23H30N4O3.HI/c1-24-23(26-14-13-25-22(28)18-9-11-20(29-2)12-10-18)27-15-19-5-3-4-6-21(19)30-16-17-7-8-17;/h3-6,9-12,17H,7-8,13-16H2,1-2H3,(H,25,28)(H2,24,26,27);1H. The number of hydrogen-bond donors (Lipinski definition) is 3. The van der Waals surface area contributed by atoms with E-state index in [2.05, 4.69) is 27.0 Å². The predicted molar refractivity (Wildman–Crippen MR) is 134 cm³/mol. The molecule has 0 bridgehead atoms. The lowest BCUT2D eigenvalue weighted by molar-refractivity contribution is 0.0954. The van der Waals surface area contributed by atoms with E-state index in [4.69, 9.17) is 9.47 Å². The zero-order valence-electron chi connectivity index (χ0n) is 18.0. The van der Waals surface area contributed by atoms with Gasteiger partial charge in [0.25, 0.3) is 5.91 Å². The fourth-order valence-corrected chi connectivity index (χ4v) is 2.88. The maximum absolute atomic E-state index is 12.2. The molecule has 8 heteroatoms. The van der Waals surface area contributed by atoms with Gasteiger partial charge < -0.3 is 25.4 Å². The summed E-state index contributed by atoms with van der Waals surface area (Å²) in [5, 5.41) is 9.39. The maximum atomic E-state index is 12.2. The number of nitrogens with one attached hydrogen (secondary N) is 3. The fraction of sp³-hybridized carbons (Fsp3) is 0.391. The summed E-state index contributed by atoms with van der Waals surface area (Å²) in [4.78, 5) is 16.4. The molecule has 0 saturated heterocycles. The molecule has 1 aliphatic carbocycles. The first-order chi connectivity index (χ1) is 14.7. The van der Waals surface area contributed by atoms with E-state index in [1.54, 1.807) is 38.4 Å². The Bertz CT molecular complexity index is 854. The number of aliphatic imine (C=N–C) groups is 1. The van der Waals surface area contributed by atoms with E-state index in [0.29, 0.717) is 37.1 Å². The molecule has 1 aliphatic rings. The number of rotatable bonds is 10. The van der Waals surface area contributed by atoms with Crippen molar-refractivity contribution in [2.24, 2.45) is 10.9 Å². The highest BCUT2D eigenvalue weighted by Crippen LogP contribution is 2.30. The van der Waals surface area contributed by atoms with Gasteiger partial charge in [-0.15, -0.1) is 24.0 Å². The molecule has 0 heterocycles. The molecule has 0 unspecified atom stereocenters. The number of halogens is 1. The van der Waals surface area contributed by atoms with Crippen molar-refractivity contribution in [3.8, 4) is 11.5 Å². The maximum Gasteiger partial charge on any atom is 0.251 e. The topological polar surface area (TPSA) is 84.0 Å². The molecule has 3 N–H and O–H groups in total. The van der Waals surface area contributed by atoms with E-state index in [9.17, 15) is 4.79 Å². The Hall–Kier alpha value is -2.49. The van der Waals surface area contributed by atoms with Gasteiger partial charge in [0.2, 0.25) is 0 Å². The van der Waals surface area contributed by atoms with Crippen LogP contribution in [-0.4, -0.2) is 45.7 Å². The summed E-state index contributed by atoms with van der Waals surface area (Å²) in [7, 11) is 3.32. The number of carbonyl (C=O) groups is 1. The van der Waals surface area contributed by atoms with E-state index in [0.717, 1.165) is 23.7 Å².